The molecule has 0 spiro atoms. The van der Waals surface area contributed by atoms with E-state index in [9.17, 15) is 9.18 Å². The average Bonchev–Trinajstić information content (AvgIpc) is 3.19. The summed E-state index contributed by atoms with van der Waals surface area (Å²) in [7, 11) is 1.68. The first-order valence-corrected chi connectivity index (χ1v) is 12.1. The van der Waals surface area contributed by atoms with Gasteiger partial charge in [0.1, 0.15) is 5.82 Å². The molecular weight excluding hydrogens is 433 g/mol. The van der Waals surface area contributed by atoms with Crippen LogP contribution in [-0.2, 0) is 9.53 Å². The monoisotopic (exact) mass is 465 g/mol. The zero-order valence-corrected chi connectivity index (χ0v) is 19.5. The zero-order valence-electron chi connectivity index (χ0n) is 18.7. The van der Waals surface area contributed by atoms with E-state index in [1.54, 1.807) is 7.11 Å². The average molecular weight is 466 g/mol. The van der Waals surface area contributed by atoms with Gasteiger partial charge < -0.3 is 19.9 Å². The summed E-state index contributed by atoms with van der Waals surface area (Å²) in [6.07, 6.45) is 8.10. The lowest BCUT2D eigenvalue weighted by Gasteiger charge is -2.35. The van der Waals surface area contributed by atoms with E-state index in [-0.39, 0.29) is 17.0 Å². The number of nitrogens with zero attached hydrogens (tertiary/aromatic N) is 2. The van der Waals surface area contributed by atoms with Gasteiger partial charge in [-0.15, -0.1) is 0 Å². The molecule has 2 N–H and O–H groups in total. The van der Waals surface area contributed by atoms with Crippen molar-refractivity contribution in [1.29, 1.82) is 0 Å². The third-order valence-corrected chi connectivity index (χ3v) is 7.78. The summed E-state index contributed by atoms with van der Waals surface area (Å²) in [5, 5.41) is 5.04. The number of benzene rings is 1. The number of amides is 1. The highest BCUT2D eigenvalue weighted by atomic mass is 35.5. The molecule has 8 heteroatoms. The molecule has 1 unspecified atom stereocenters. The van der Waals surface area contributed by atoms with Gasteiger partial charge in [-0.1, -0.05) is 29.6 Å². The number of nitrogens with two attached hydrogens (primary N) is 1. The van der Waals surface area contributed by atoms with Gasteiger partial charge >= 0.3 is 0 Å². The van der Waals surface area contributed by atoms with Gasteiger partial charge in [0, 0.05) is 24.5 Å². The minimum absolute atomic E-state index is 0.0374. The Morgan fingerprint density at radius 2 is 2.00 bits per heavy atom. The van der Waals surface area contributed by atoms with E-state index in [0.717, 1.165) is 62.3 Å². The molecule has 1 aromatic heterocycles. The van der Waals surface area contributed by atoms with Crippen molar-refractivity contribution in [2.24, 2.45) is 17.6 Å². The summed E-state index contributed by atoms with van der Waals surface area (Å²) >= 11 is 5.86. The Morgan fingerprint density at radius 1 is 1.28 bits per heavy atom. The Hall–Kier alpha value is -1.70. The fourth-order valence-electron chi connectivity index (χ4n) is 5.53. The first-order chi connectivity index (χ1) is 15.4. The third-order valence-electron chi connectivity index (χ3n) is 7.49. The number of likely N-dealkylation sites (tertiary alicyclic amines) is 1. The van der Waals surface area contributed by atoms with E-state index in [1.165, 1.54) is 31.4 Å². The largest absolute Gasteiger partial charge is 0.381 e. The number of carbonyl (C=O) groups excluding carboxylic acids is 1. The number of methoxy groups -OCH3 is 1. The van der Waals surface area contributed by atoms with Crippen LogP contribution in [0, 0.1) is 17.7 Å². The smallest absolute Gasteiger partial charge is 0.220 e. The van der Waals surface area contributed by atoms with Gasteiger partial charge in [0.25, 0.3) is 0 Å². The zero-order chi connectivity index (χ0) is 22.7. The van der Waals surface area contributed by atoms with Crippen LogP contribution in [-0.4, -0.2) is 48.8 Å². The summed E-state index contributed by atoms with van der Waals surface area (Å²) in [6.45, 7) is 3.16. The number of carbonyl (C=O) groups is 1. The highest BCUT2D eigenvalue weighted by Gasteiger charge is 2.30. The molecule has 0 bridgehead atoms. The standard InChI is InChI=1S/C24H33ClFN3O3/c1-31-21(14-23(27)30)16-4-2-15(3-5-16)6-9-29-10-7-17(8-11-29)24-18-12-20(26)19(25)13-22(18)32-28-24/h12-13,15-17,21H,2-11,14H2,1H3,(H2,27,30). The van der Waals surface area contributed by atoms with E-state index in [1.807, 2.05) is 0 Å². The molecule has 4 rings (SSSR count). The summed E-state index contributed by atoms with van der Waals surface area (Å²) in [6, 6.07) is 2.96. The van der Waals surface area contributed by atoms with Crippen LogP contribution in [0.4, 0.5) is 4.39 Å². The fourth-order valence-corrected chi connectivity index (χ4v) is 5.68. The molecule has 0 radical (unpaired) electrons. The van der Waals surface area contributed by atoms with Crippen LogP contribution in [0.15, 0.2) is 16.7 Å². The molecule has 2 fully saturated rings. The molecule has 2 aliphatic rings. The predicted molar refractivity (Wildman–Crippen MR) is 122 cm³/mol. The Morgan fingerprint density at radius 3 is 2.66 bits per heavy atom. The Labute approximate surface area is 193 Å². The van der Waals surface area contributed by atoms with Crippen molar-refractivity contribution in [1.82, 2.24) is 10.1 Å². The van der Waals surface area contributed by atoms with Crippen LogP contribution in [0.5, 0.6) is 0 Å². The molecule has 32 heavy (non-hydrogen) atoms. The van der Waals surface area contributed by atoms with E-state index in [4.69, 9.17) is 26.6 Å². The first-order valence-electron chi connectivity index (χ1n) is 11.7. The number of primary amides is 1. The molecule has 1 aliphatic carbocycles. The second-order valence-corrected chi connectivity index (χ2v) is 9.87. The van der Waals surface area contributed by atoms with Gasteiger partial charge in [-0.25, -0.2) is 4.39 Å². The molecule has 1 amide bonds. The molecule has 176 valence electrons. The normalized spacial score (nSPS) is 24.1. The van der Waals surface area contributed by atoms with Crippen molar-refractivity contribution in [2.75, 3.05) is 26.7 Å². The minimum atomic E-state index is -0.428. The molecule has 2 aromatic rings. The van der Waals surface area contributed by atoms with Crippen LogP contribution in [0.3, 0.4) is 0 Å². The Balaban J connectivity index is 1.22. The lowest BCUT2D eigenvalue weighted by Crippen LogP contribution is -2.35. The Bertz CT molecular complexity index is 921. The molecule has 1 atom stereocenters. The van der Waals surface area contributed by atoms with Gasteiger partial charge in [0.2, 0.25) is 5.91 Å². The molecule has 1 saturated carbocycles. The second-order valence-electron chi connectivity index (χ2n) is 9.46. The number of ether oxygens (including phenoxy) is 1. The van der Waals surface area contributed by atoms with Crippen LogP contribution < -0.4 is 5.73 Å². The molecule has 2 heterocycles. The summed E-state index contributed by atoms with van der Waals surface area (Å²) in [4.78, 5) is 13.8. The predicted octanol–water partition coefficient (Wildman–Crippen LogP) is 4.89. The van der Waals surface area contributed by atoms with Crippen molar-refractivity contribution in [3.05, 3.63) is 28.7 Å². The molecule has 1 saturated heterocycles. The topological polar surface area (TPSA) is 81.6 Å². The van der Waals surface area contributed by atoms with E-state index in [0.29, 0.717) is 23.8 Å². The number of fused-ring (bicyclic) bond motifs is 1. The van der Waals surface area contributed by atoms with E-state index < -0.39 is 5.82 Å². The van der Waals surface area contributed by atoms with Crippen molar-refractivity contribution >= 4 is 28.5 Å². The van der Waals surface area contributed by atoms with Gasteiger partial charge in [-0.2, -0.15) is 0 Å². The number of rotatable bonds is 8. The lowest BCUT2D eigenvalue weighted by molar-refractivity contribution is -0.121. The summed E-state index contributed by atoms with van der Waals surface area (Å²) < 4.78 is 24.8. The lowest BCUT2D eigenvalue weighted by atomic mass is 9.77. The Kier molecular flexibility index (Phi) is 7.69. The number of hydrogen-bond donors (Lipinski definition) is 1. The number of piperidine rings is 1. The number of halogens is 2. The summed E-state index contributed by atoms with van der Waals surface area (Å²) in [5.41, 5.74) is 6.77. The minimum Gasteiger partial charge on any atom is -0.381 e. The maximum atomic E-state index is 13.9. The quantitative estimate of drug-likeness (QED) is 0.600. The van der Waals surface area contributed by atoms with Crippen molar-refractivity contribution < 1.29 is 18.4 Å². The highest BCUT2D eigenvalue weighted by molar-refractivity contribution is 6.31. The first kappa shape index (κ1) is 23.5. The van der Waals surface area contributed by atoms with Crippen LogP contribution in [0.1, 0.15) is 63.0 Å². The SMILES string of the molecule is COC(CC(N)=O)C1CCC(CCN2CCC(c3noc4cc(Cl)c(F)cc34)CC2)CC1. The maximum absolute atomic E-state index is 13.9. The van der Waals surface area contributed by atoms with Crippen molar-refractivity contribution in [3.8, 4) is 0 Å². The molecule has 6 nitrogen and oxygen atoms in total. The van der Waals surface area contributed by atoms with Crippen molar-refractivity contribution in [2.45, 2.75) is 63.4 Å². The van der Waals surface area contributed by atoms with E-state index in [2.05, 4.69) is 10.1 Å². The van der Waals surface area contributed by atoms with Gasteiger partial charge in [0.15, 0.2) is 5.58 Å². The van der Waals surface area contributed by atoms with Gasteiger partial charge in [-0.05, 0) is 69.6 Å². The van der Waals surface area contributed by atoms with Crippen LogP contribution in [0.25, 0.3) is 11.0 Å². The van der Waals surface area contributed by atoms with Crippen LogP contribution >= 0.6 is 11.6 Å². The second kappa shape index (κ2) is 10.5. The van der Waals surface area contributed by atoms with Crippen LogP contribution in [0.2, 0.25) is 5.02 Å². The molecule has 1 aliphatic heterocycles. The van der Waals surface area contributed by atoms with Gasteiger partial charge in [-0.3, -0.25) is 4.79 Å². The molecular formula is C24H33ClFN3O3. The van der Waals surface area contributed by atoms with Crippen molar-refractivity contribution in [3.63, 3.8) is 0 Å². The number of aromatic nitrogens is 1. The summed E-state index contributed by atoms with van der Waals surface area (Å²) in [5.74, 6) is 0.760. The van der Waals surface area contributed by atoms with Gasteiger partial charge in [0.05, 0.1) is 23.2 Å². The molecule has 1 aromatic carbocycles. The third kappa shape index (κ3) is 5.43. The highest BCUT2D eigenvalue weighted by Crippen LogP contribution is 2.36. The number of hydrogen-bond acceptors (Lipinski definition) is 5. The maximum Gasteiger partial charge on any atom is 0.220 e. The van der Waals surface area contributed by atoms with E-state index >= 15 is 0 Å². The fraction of sp³-hybridized carbons (Fsp3) is 0.667.